The van der Waals surface area contributed by atoms with Gasteiger partial charge in [-0.05, 0) is 36.1 Å². The van der Waals surface area contributed by atoms with Gasteiger partial charge in [0.1, 0.15) is 0 Å². The lowest BCUT2D eigenvalue weighted by Crippen LogP contribution is -2.41. The third kappa shape index (κ3) is 4.11. The van der Waals surface area contributed by atoms with Crippen molar-refractivity contribution in [1.82, 2.24) is 15.6 Å². The highest BCUT2D eigenvalue weighted by molar-refractivity contribution is 5.94. The number of fused-ring (bicyclic) bond motifs is 2. The van der Waals surface area contributed by atoms with Crippen molar-refractivity contribution >= 4 is 28.5 Å². The number of carbonyl (C=O) groups is 1. The monoisotopic (exact) mass is 389 g/mol. The van der Waals surface area contributed by atoms with Crippen molar-refractivity contribution in [2.75, 3.05) is 25.5 Å². The summed E-state index contributed by atoms with van der Waals surface area (Å²) in [5.41, 5.74) is 5.84. The van der Waals surface area contributed by atoms with Crippen LogP contribution in [-0.2, 0) is 11.2 Å². The Bertz CT molecular complexity index is 1050. The molecule has 3 aromatic rings. The molecule has 1 aromatic heterocycles. The lowest BCUT2D eigenvalue weighted by Gasteiger charge is -2.26. The topological polar surface area (TPSA) is 81.3 Å². The number of aromatic nitrogens is 1. The van der Waals surface area contributed by atoms with Crippen LogP contribution in [0.4, 0.5) is 5.69 Å². The number of guanidine groups is 1. The number of carbonyl (C=O) groups excluding carboxylic acids is 1. The number of aliphatic imine (C=N–C) groups is 1. The van der Waals surface area contributed by atoms with Gasteiger partial charge in [-0.15, -0.1) is 0 Å². The molecule has 150 valence electrons. The normalized spacial score (nSPS) is 16.4. The molecule has 1 aliphatic rings. The molecule has 0 fully saturated rings. The predicted octanol–water partition coefficient (Wildman–Crippen LogP) is 3.31. The van der Waals surface area contributed by atoms with Gasteiger partial charge >= 0.3 is 0 Å². The molecule has 1 atom stereocenters. The summed E-state index contributed by atoms with van der Waals surface area (Å²) in [6.45, 7) is 3.56. The van der Waals surface area contributed by atoms with E-state index in [9.17, 15) is 4.79 Å². The maximum absolute atomic E-state index is 12.0. The number of nitrogens with zero attached hydrogens (tertiary/aromatic N) is 1. The third-order valence-corrected chi connectivity index (χ3v) is 5.54. The largest absolute Gasteiger partial charge is 0.361 e. The van der Waals surface area contributed by atoms with Crippen molar-refractivity contribution in [2.24, 2.45) is 4.99 Å². The molecule has 6 heteroatoms. The summed E-state index contributed by atoms with van der Waals surface area (Å²) in [6.07, 6.45) is 3.47. The first kappa shape index (κ1) is 19.1. The lowest BCUT2D eigenvalue weighted by molar-refractivity contribution is -0.116. The van der Waals surface area contributed by atoms with Crippen LogP contribution in [0.15, 0.2) is 53.7 Å². The van der Waals surface area contributed by atoms with Gasteiger partial charge < -0.3 is 20.9 Å². The van der Waals surface area contributed by atoms with Crippen LogP contribution < -0.4 is 16.0 Å². The Morgan fingerprint density at radius 3 is 2.90 bits per heavy atom. The maximum atomic E-state index is 12.0. The summed E-state index contributed by atoms with van der Waals surface area (Å²) < 4.78 is 0. The molecule has 0 saturated carbocycles. The molecule has 1 amide bonds. The second-order valence-corrected chi connectivity index (χ2v) is 7.48. The molecule has 1 aliphatic heterocycles. The Kier molecular flexibility index (Phi) is 5.51. The SMILES string of the molecule is CN=C(NCCc1c[nH]c2c(C)cccc12)NCC1CC(=O)Nc2ccccc21. The Hall–Kier alpha value is -3.28. The number of anilines is 1. The van der Waals surface area contributed by atoms with Crippen LogP contribution in [0.25, 0.3) is 10.9 Å². The quantitative estimate of drug-likeness (QED) is 0.399. The molecular weight excluding hydrogens is 362 g/mol. The molecule has 0 bridgehead atoms. The zero-order valence-electron chi connectivity index (χ0n) is 16.9. The highest BCUT2D eigenvalue weighted by Crippen LogP contribution is 2.31. The number of amides is 1. The number of benzene rings is 2. The van der Waals surface area contributed by atoms with Crippen LogP contribution in [0.2, 0.25) is 0 Å². The van der Waals surface area contributed by atoms with Crippen molar-refractivity contribution in [3.05, 3.63) is 65.4 Å². The molecule has 2 aromatic carbocycles. The van der Waals surface area contributed by atoms with E-state index in [0.717, 1.165) is 24.6 Å². The maximum Gasteiger partial charge on any atom is 0.225 e. The second-order valence-electron chi connectivity index (χ2n) is 7.48. The van der Waals surface area contributed by atoms with Gasteiger partial charge in [0.25, 0.3) is 0 Å². The standard InChI is InChI=1S/C23H27N5O/c1-15-6-5-8-19-16(13-26-22(15)19)10-11-25-23(24-2)27-14-17-12-21(29)28-20-9-4-3-7-18(17)20/h3-9,13,17,26H,10-12,14H2,1-2H3,(H,28,29)(H2,24,25,27). The van der Waals surface area contributed by atoms with E-state index in [1.54, 1.807) is 7.05 Å². The Morgan fingerprint density at radius 1 is 1.17 bits per heavy atom. The summed E-state index contributed by atoms with van der Waals surface area (Å²) in [5.74, 6) is 0.952. The molecule has 0 saturated heterocycles. The van der Waals surface area contributed by atoms with Crippen LogP contribution >= 0.6 is 0 Å². The third-order valence-electron chi connectivity index (χ3n) is 5.54. The first-order valence-corrected chi connectivity index (χ1v) is 10.0. The molecule has 2 heterocycles. The average molecular weight is 390 g/mol. The van der Waals surface area contributed by atoms with E-state index in [1.807, 2.05) is 18.2 Å². The van der Waals surface area contributed by atoms with E-state index in [4.69, 9.17) is 0 Å². The fourth-order valence-corrected chi connectivity index (χ4v) is 4.01. The van der Waals surface area contributed by atoms with Crippen LogP contribution in [0, 0.1) is 6.92 Å². The number of nitrogens with one attached hydrogen (secondary N) is 4. The molecular formula is C23H27N5O. The van der Waals surface area contributed by atoms with E-state index in [-0.39, 0.29) is 11.8 Å². The molecule has 0 spiro atoms. The summed E-state index contributed by atoms with van der Waals surface area (Å²) in [5, 5.41) is 11.0. The summed E-state index contributed by atoms with van der Waals surface area (Å²) in [4.78, 5) is 19.7. The lowest BCUT2D eigenvalue weighted by atomic mass is 9.90. The van der Waals surface area contributed by atoms with Gasteiger partial charge in [0, 0.05) is 55.3 Å². The fourth-order valence-electron chi connectivity index (χ4n) is 4.01. The number of aromatic amines is 1. The molecule has 29 heavy (non-hydrogen) atoms. The smallest absolute Gasteiger partial charge is 0.225 e. The van der Waals surface area contributed by atoms with Crippen molar-refractivity contribution in [2.45, 2.75) is 25.7 Å². The fraction of sp³-hybridized carbons (Fsp3) is 0.304. The number of H-pyrrole nitrogens is 1. The zero-order valence-corrected chi connectivity index (χ0v) is 16.9. The number of para-hydroxylation sites is 2. The number of hydrogen-bond donors (Lipinski definition) is 4. The van der Waals surface area contributed by atoms with Crippen LogP contribution in [0.5, 0.6) is 0 Å². The van der Waals surface area contributed by atoms with Gasteiger partial charge in [-0.1, -0.05) is 36.4 Å². The summed E-state index contributed by atoms with van der Waals surface area (Å²) in [6, 6.07) is 14.4. The second kappa shape index (κ2) is 8.39. The van der Waals surface area contributed by atoms with Gasteiger partial charge in [0.2, 0.25) is 5.91 Å². The highest BCUT2D eigenvalue weighted by Gasteiger charge is 2.24. The van der Waals surface area contributed by atoms with E-state index in [2.05, 4.69) is 63.3 Å². The van der Waals surface area contributed by atoms with Gasteiger partial charge in [-0.2, -0.15) is 0 Å². The molecule has 1 unspecified atom stereocenters. The average Bonchev–Trinajstić information content (AvgIpc) is 3.14. The van der Waals surface area contributed by atoms with Crippen molar-refractivity contribution in [3.8, 4) is 0 Å². The molecule has 4 N–H and O–H groups in total. The minimum absolute atomic E-state index is 0.0630. The first-order valence-electron chi connectivity index (χ1n) is 10.0. The minimum Gasteiger partial charge on any atom is -0.361 e. The van der Waals surface area contributed by atoms with Gasteiger partial charge in [0.15, 0.2) is 5.96 Å². The number of aryl methyl sites for hydroxylation is 1. The van der Waals surface area contributed by atoms with Gasteiger partial charge in [-0.3, -0.25) is 9.79 Å². The summed E-state index contributed by atoms with van der Waals surface area (Å²) >= 11 is 0. The Morgan fingerprint density at radius 2 is 2.03 bits per heavy atom. The van der Waals surface area contributed by atoms with E-state index in [1.165, 1.54) is 27.6 Å². The van der Waals surface area contributed by atoms with Gasteiger partial charge in [0.05, 0.1) is 0 Å². The molecule has 6 nitrogen and oxygen atoms in total. The van der Waals surface area contributed by atoms with Crippen LogP contribution in [0.1, 0.15) is 29.0 Å². The molecule has 0 radical (unpaired) electrons. The van der Waals surface area contributed by atoms with Crippen LogP contribution in [-0.4, -0.2) is 37.0 Å². The first-order chi connectivity index (χ1) is 14.2. The Balaban J connectivity index is 1.33. The number of hydrogen-bond acceptors (Lipinski definition) is 2. The number of rotatable bonds is 5. The molecule has 4 rings (SSSR count). The van der Waals surface area contributed by atoms with Crippen molar-refractivity contribution in [1.29, 1.82) is 0 Å². The van der Waals surface area contributed by atoms with E-state index >= 15 is 0 Å². The van der Waals surface area contributed by atoms with E-state index < -0.39 is 0 Å². The Labute approximate surface area is 170 Å². The zero-order chi connectivity index (χ0) is 20.2. The van der Waals surface area contributed by atoms with Crippen LogP contribution in [0.3, 0.4) is 0 Å². The molecule has 0 aliphatic carbocycles. The summed E-state index contributed by atoms with van der Waals surface area (Å²) in [7, 11) is 1.77. The highest BCUT2D eigenvalue weighted by atomic mass is 16.1. The minimum atomic E-state index is 0.0630. The van der Waals surface area contributed by atoms with E-state index in [0.29, 0.717) is 13.0 Å². The van der Waals surface area contributed by atoms with Crippen molar-refractivity contribution < 1.29 is 4.79 Å². The predicted molar refractivity (Wildman–Crippen MR) is 119 cm³/mol. The van der Waals surface area contributed by atoms with Gasteiger partial charge in [-0.25, -0.2) is 0 Å². The van der Waals surface area contributed by atoms with Crippen molar-refractivity contribution in [3.63, 3.8) is 0 Å².